The quantitative estimate of drug-likeness (QED) is 0.894. The predicted octanol–water partition coefficient (Wildman–Crippen LogP) is 2.89. The van der Waals surface area contributed by atoms with Crippen molar-refractivity contribution < 1.29 is 13.5 Å². The standard InChI is InChI=1S/C14H23NO3S/c1-13(2,3)10-14(4,5)15-19(17,18)12-9-7-6-8-11(12)16/h6-9,15-16H,10H2,1-5H3. The molecule has 1 aromatic carbocycles. The van der Waals surface area contributed by atoms with E-state index in [1.54, 1.807) is 12.1 Å². The molecule has 0 saturated heterocycles. The zero-order valence-corrected chi connectivity index (χ0v) is 13.0. The van der Waals surface area contributed by atoms with Gasteiger partial charge in [-0.3, -0.25) is 0 Å². The van der Waals surface area contributed by atoms with Crippen LogP contribution in [0.2, 0.25) is 0 Å². The van der Waals surface area contributed by atoms with Crippen LogP contribution in [0.1, 0.15) is 41.0 Å². The summed E-state index contributed by atoms with van der Waals surface area (Å²) in [5.41, 5.74) is -0.579. The van der Waals surface area contributed by atoms with E-state index in [1.807, 2.05) is 13.8 Å². The van der Waals surface area contributed by atoms with Crippen molar-refractivity contribution in [2.75, 3.05) is 0 Å². The topological polar surface area (TPSA) is 66.4 Å². The fraction of sp³-hybridized carbons (Fsp3) is 0.571. The summed E-state index contributed by atoms with van der Waals surface area (Å²) in [4.78, 5) is -0.0861. The average Bonchev–Trinajstić information content (AvgIpc) is 2.11. The highest BCUT2D eigenvalue weighted by molar-refractivity contribution is 7.89. The van der Waals surface area contributed by atoms with Crippen molar-refractivity contribution in [3.05, 3.63) is 24.3 Å². The molecule has 0 heterocycles. The minimum absolute atomic E-state index is 0.00471. The minimum atomic E-state index is -3.72. The van der Waals surface area contributed by atoms with Gasteiger partial charge in [-0.1, -0.05) is 32.9 Å². The molecule has 1 aromatic rings. The summed E-state index contributed by atoms with van der Waals surface area (Å²) in [6.45, 7) is 9.86. The number of phenolic OH excluding ortho intramolecular Hbond substituents is 1. The van der Waals surface area contributed by atoms with Crippen LogP contribution in [0.25, 0.3) is 0 Å². The lowest BCUT2D eigenvalue weighted by atomic mass is 9.82. The molecule has 0 amide bonds. The summed E-state index contributed by atoms with van der Waals surface area (Å²) in [6, 6.07) is 5.94. The first-order valence-corrected chi connectivity index (χ1v) is 7.73. The number of benzene rings is 1. The molecule has 0 unspecified atom stereocenters. The summed E-state index contributed by atoms with van der Waals surface area (Å²) in [5.74, 6) is -0.235. The lowest BCUT2D eigenvalue weighted by Crippen LogP contribution is -2.45. The normalized spacial score (nSPS) is 13.5. The Morgan fingerprint density at radius 1 is 1.11 bits per heavy atom. The maximum Gasteiger partial charge on any atom is 0.244 e. The first kappa shape index (κ1) is 16.0. The fourth-order valence-corrected chi connectivity index (χ4v) is 3.98. The molecule has 0 radical (unpaired) electrons. The van der Waals surface area contributed by atoms with Gasteiger partial charge in [0.2, 0.25) is 10.0 Å². The van der Waals surface area contributed by atoms with E-state index >= 15 is 0 Å². The minimum Gasteiger partial charge on any atom is -0.507 e. The predicted molar refractivity (Wildman–Crippen MR) is 76.6 cm³/mol. The molecule has 5 heteroatoms. The number of phenols is 1. The maximum atomic E-state index is 12.3. The Morgan fingerprint density at radius 2 is 1.63 bits per heavy atom. The van der Waals surface area contributed by atoms with Crippen molar-refractivity contribution in [3.8, 4) is 5.75 Å². The van der Waals surface area contributed by atoms with Gasteiger partial charge in [-0.2, -0.15) is 0 Å². The van der Waals surface area contributed by atoms with Crippen LogP contribution in [0, 0.1) is 5.41 Å². The van der Waals surface area contributed by atoms with Gasteiger partial charge in [0.1, 0.15) is 10.6 Å². The monoisotopic (exact) mass is 285 g/mol. The van der Waals surface area contributed by atoms with Gasteiger partial charge in [0, 0.05) is 5.54 Å². The molecule has 0 spiro atoms. The van der Waals surface area contributed by atoms with Crippen molar-refractivity contribution in [1.29, 1.82) is 0 Å². The van der Waals surface area contributed by atoms with Crippen molar-refractivity contribution >= 4 is 10.0 Å². The SMILES string of the molecule is CC(C)(C)CC(C)(C)NS(=O)(=O)c1ccccc1O. The Labute approximate surface area is 115 Å². The molecule has 0 bridgehead atoms. The van der Waals surface area contributed by atoms with Crippen LogP contribution < -0.4 is 4.72 Å². The fourth-order valence-electron chi connectivity index (χ4n) is 2.47. The third kappa shape index (κ3) is 4.84. The van der Waals surface area contributed by atoms with Gasteiger partial charge in [-0.05, 0) is 37.8 Å². The molecule has 19 heavy (non-hydrogen) atoms. The second kappa shape index (κ2) is 5.13. The average molecular weight is 285 g/mol. The van der Waals surface area contributed by atoms with Gasteiger partial charge in [-0.25, -0.2) is 13.1 Å². The Morgan fingerprint density at radius 3 is 2.11 bits per heavy atom. The van der Waals surface area contributed by atoms with E-state index in [0.717, 1.165) is 0 Å². The van der Waals surface area contributed by atoms with Crippen LogP contribution in [0.4, 0.5) is 0 Å². The molecule has 0 aliphatic carbocycles. The van der Waals surface area contributed by atoms with Gasteiger partial charge in [0.05, 0.1) is 0 Å². The molecule has 0 aliphatic heterocycles. The summed E-state index contributed by atoms with van der Waals surface area (Å²) in [5, 5.41) is 9.66. The third-order valence-electron chi connectivity index (χ3n) is 2.54. The van der Waals surface area contributed by atoms with E-state index in [0.29, 0.717) is 6.42 Å². The highest BCUT2D eigenvalue weighted by atomic mass is 32.2. The van der Waals surface area contributed by atoms with Crippen LogP contribution in [-0.2, 0) is 10.0 Å². The van der Waals surface area contributed by atoms with Gasteiger partial charge < -0.3 is 5.11 Å². The largest absolute Gasteiger partial charge is 0.507 e. The van der Waals surface area contributed by atoms with Gasteiger partial charge >= 0.3 is 0 Å². The number of hydrogen-bond donors (Lipinski definition) is 2. The van der Waals surface area contributed by atoms with Gasteiger partial charge in [0.25, 0.3) is 0 Å². The van der Waals surface area contributed by atoms with E-state index in [2.05, 4.69) is 25.5 Å². The number of para-hydroxylation sites is 1. The summed E-state index contributed by atoms with van der Waals surface area (Å²) in [6.07, 6.45) is 0.687. The van der Waals surface area contributed by atoms with E-state index in [-0.39, 0.29) is 16.1 Å². The molecule has 0 saturated carbocycles. The van der Waals surface area contributed by atoms with Gasteiger partial charge in [0.15, 0.2) is 0 Å². The molecular weight excluding hydrogens is 262 g/mol. The van der Waals surface area contributed by atoms with E-state index in [9.17, 15) is 13.5 Å². The van der Waals surface area contributed by atoms with Crippen LogP contribution in [0.3, 0.4) is 0 Å². The molecule has 1 rings (SSSR count). The number of hydrogen-bond acceptors (Lipinski definition) is 3. The van der Waals surface area contributed by atoms with Crippen molar-refractivity contribution in [1.82, 2.24) is 4.72 Å². The Balaban J connectivity index is 3.01. The van der Waals surface area contributed by atoms with Crippen LogP contribution >= 0.6 is 0 Å². The van der Waals surface area contributed by atoms with E-state index in [4.69, 9.17) is 0 Å². The van der Waals surface area contributed by atoms with Crippen molar-refractivity contribution in [2.24, 2.45) is 5.41 Å². The van der Waals surface area contributed by atoms with Crippen LogP contribution in [0.5, 0.6) is 5.75 Å². The number of aromatic hydroxyl groups is 1. The highest BCUT2D eigenvalue weighted by Gasteiger charge is 2.31. The second-order valence-corrected chi connectivity index (χ2v) is 8.35. The second-order valence-electron chi connectivity index (χ2n) is 6.69. The smallest absolute Gasteiger partial charge is 0.244 e. The van der Waals surface area contributed by atoms with Crippen LogP contribution in [-0.4, -0.2) is 19.1 Å². The molecule has 0 atom stereocenters. The summed E-state index contributed by atoms with van der Waals surface area (Å²) >= 11 is 0. The molecule has 2 N–H and O–H groups in total. The molecule has 4 nitrogen and oxygen atoms in total. The van der Waals surface area contributed by atoms with Crippen molar-refractivity contribution in [2.45, 2.75) is 51.5 Å². The van der Waals surface area contributed by atoms with Crippen LogP contribution in [0.15, 0.2) is 29.2 Å². The third-order valence-corrected chi connectivity index (χ3v) is 4.28. The molecule has 0 aromatic heterocycles. The number of nitrogens with one attached hydrogen (secondary N) is 1. The molecule has 108 valence electrons. The first-order valence-electron chi connectivity index (χ1n) is 6.25. The first-order chi connectivity index (χ1) is 8.43. The molecule has 0 fully saturated rings. The molecular formula is C14H23NO3S. The molecule has 0 aliphatic rings. The highest BCUT2D eigenvalue weighted by Crippen LogP contribution is 2.29. The Hall–Kier alpha value is -1.07. The van der Waals surface area contributed by atoms with E-state index in [1.165, 1.54) is 12.1 Å². The van der Waals surface area contributed by atoms with Gasteiger partial charge in [-0.15, -0.1) is 0 Å². The van der Waals surface area contributed by atoms with Crippen molar-refractivity contribution in [3.63, 3.8) is 0 Å². The van der Waals surface area contributed by atoms with E-state index < -0.39 is 15.6 Å². The Kier molecular flexibility index (Phi) is 4.32. The summed E-state index contributed by atoms with van der Waals surface area (Å²) < 4.78 is 27.2. The Bertz CT molecular complexity index is 542. The lowest BCUT2D eigenvalue weighted by Gasteiger charge is -2.33. The zero-order valence-electron chi connectivity index (χ0n) is 12.2. The lowest BCUT2D eigenvalue weighted by molar-refractivity contribution is 0.269. The number of sulfonamides is 1. The summed E-state index contributed by atoms with van der Waals surface area (Å²) in [7, 11) is -3.72. The number of rotatable bonds is 4. The zero-order chi connectivity index (χ0) is 14.9. The maximum absolute atomic E-state index is 12.3.